The van der Waals surface area contributed by atoms with Gasteiger partial charge in [-0.05, 0) is 42.4 Å². The van der Waals surface area contributed by atoms with Crippen LogP contribution in [0.3, 0.4) is 0 Å². The lowest BCUT2D eigenvalue weighted by Crippen LogP contribution is -2.38. The second kappa shape index (κ2) is 6.90. The Morgan fingerprint density at radius 1 is 1.19 bits per heavy atom. The minimum atomic E-state index is -4.43. The van der Waals surface area contributed by atoms with Crippen LogP contribution in [0.25, 0.3) is 0 Å². The first-order valence-electron chi connectivity index (χ1n) is 8.46. The lowest BCUT2D eigenvalue weighted by atomic mass is 9.93. The fourth-order valence-corrected chi connectivity index (χ4v) is 3.64. The molecule has 1 atom stereocenters. The third kappa shape index (κ3) is 4.00. The molecular weight excluding hydrogens is 351 g/mol. The minimum Gasteiger partial charge on any atom is -0.480 e. The molecule has 1 aliphatic carbocycles. The van der Waals surface area contributed by atoms with Gasteiger partial charge in [-0.1, -0.05) is 12.1 Å². The summed E-state index contributed by atoms with van der Waals surface area (Å²) < 4.78 is 43.3. The van der Waals surface area contributed by atoms with Gasteiger partial charge in [0.25, 0.3) is 0 Å². The van der Waals surface area contributed by atoms with Crippen molar-refractivity contribution >= 4 is 11.9 Å². The van der Waals surface area contributed by atoms with Crippen molar-refractivity contribution in [2.75, 3.05) is 19.8 Å². The molecule has 0 bridgehead atoms. The van der Waals surface area contributed by atoms with E-state index in [-0.39, 0.29) is 23.8 Å². The monoisotopic (exact) mass is 371 g/mol. The molecular formula is C18H20F3NO4. The average Bonchev–Trinajstić information content (AvgIpc) is 3.26. The number of hydrogen-bond donors (Lipinski definition) is 1. The van der Waals surface area contributed by atoms with E-state index in [4.69, 9.17) is 9.84 Å². The second-order valence-electron chi connectivity index (χ2n) is 7.01. The van der Waals surface area contributed by atoms with Crippen molar-refractivity contribution < 1.29 is 32.6 Å². The Morgan fingerprint density at radius 2 is 1.81 bits per heavy atom. The third-order valence-electron chi connectivity index (χ3n) is 5.27. The summed E-state index contributed by atoms with van der Waals surface area (Å²) in [6.45, 7) is 0.707. The number of amides is 1. The van der Waals surface area contributed by atoms with Crippen LogP contribution in [0, 0.1) is 11.3 Å². The molecule has 1 saturated carbocycles. The number of nitrogens with zero attached hydrogens (tertiary/aromatic N) is 1. The van der Waals surface area contributed by atoms with Crippen LogP contribution in [-0.2, 0) is 27.0 Å². The molecule has 1 N–H and O–H groups in total. The number of hydrogen-bond acceptors (Lipinski definition) is 3. The number of carbonyl (C=O) groups is 2. The highest BCUT2D eigenvalue weighted by molar-refractivity contribution is 5.86. The van der Waals surface area contributed by atoms with E-state index in [9.17, 15) is 22.8 Å². The van der Waals surface area contributed by atoms with Crippen LogP contribution in [-0.4, -0.2) is 41.6 Å². The molecule has 3 rings (SSSR count). The molecule has 1 unspecified atom stereocenters. The summed E-state index contributed by atoms with van der Waals surface area (Å²) in [6, 6.07) is 4.44. The van der Waals surface area contributed by atoms with Gasteiger partial charge >= 0.3 is 12.1 Å². The summed E-state index contributed by atoms with van der Waals surface area (Å²) in [6.07, 6.45) is -2.15. The van der Waals surface area contributed by atoms with Gasteiger partial charge in [0.05, 0.1) is 5.56 Å². The zero-order chi connectivity index (χ0) is 18.9. The number of carbonyl (C=O) groups excluding carboxylic acids is 1. The molecule has 1 aromatic carbocycles. The Labute approximate surface area is 148 Å². The number of carboxylic acid groups (broad SMARTS) is 1. The van der Waals surface area contributed by atoms with Crippen LogP contribution in [0.5, 0.6) is 0 Å². The Hall–Kier alpha value is -2.09. The van der Waals surface area contributed by atoms with Crippen molar-refractivity contribution in [1.82, 2.24) is 4.90 Å². The molecule has 2 fully saturated rings. The van der Waals surface area contributed by atoms with Crippen LogP contribution in [0.15, 0.2) is 24.3 Å². The fourth-order valence-electron chi connectivity index (χ4n) is 3.64. The molecule has 1 spiro atoms. The van der Waals surface area contributed by atoms with Gasteiger partial charge in [-0.2, -0.15) is 13.2 Å². The summed E-state index contributed by atoms with van der Waals surface area (Å²) in [5, 5.41) is 9.10. The van der Waals surface area contributed by atoms with Crippen molar-refractivity contribution in [1.29, 1.82) is 0 Å². The van der Waals surface area contributed by atoms with Gasteiger partial charge in [-0.3, -0.25) is 9.59 Å². The Kier molecular flexibility index (Phi) is 4.96. The van der Waals surface area contributed by atoms with Gasteiger partial charge in [-0.15, -0.1) is 0 Å². The average molecular weight is 371 g/mol. The van der Waals surface area contributed by atoms with E-state index in [0.29, 0.717) is 18.8 Å². The standard InChI is InChI=1S/C18H20F3NO4/c19-18(20,21)13-3-1-12(2-4-13)10-22(11-15(23)24)16(25)14-9-17(14)5-7-26-8-6-17/h1-4,14H,5-11H2,(H,23,24). The zero-order valence-corrected chi connectivity index (χ0v) is 14.1. The third-order valence-corrected chi connectivity index (χ3v) is 5.27. The first-order chi connectivity index (χ1) is 12.2. The number of halogens is 3. The highest BCUT2D eigenvalue weighted by atomic mass is 19.4. The van der Waals surface area contributed by atoms with Crippen molar-refractivity contribution in [3.63, 3.8) is 0 Å². The quantitative estimate of drug-likeness (QED) is 0.864. The molecule has 26 heavy (non-hydrogen) atoms. The van der Waals surface area contributed by atoms with Gasteiger partial charge in [0.2, 0.25) is 5.91 Å². The number of ether oxygens (including phenoxy) is 1. The predicted octanol–water partition coefficient (Wildman–Crippen LogP) is 2.94. The maximum absolute atomic E-state index is 12.8. The van der Waals surface area contributed by atoms with E-state index in [0.717, 1.165) is 31.4 Å². The molecule has 0 radical (unpaired) electrons. The number of alkyl halides is 3. The lowest BCUT2D eigenvalue weighted by Gasteiger charge is -2.26. The molecule has 1 aliphatic heterocycles. The van der Waals surface area contributed by atoms with E-state index >= 15 is 0 Å². The molecule has 0 aromatic heterocycles. The van der Waals surface area contributed by atoms with Crippen LogP contribution in [0.1, 0.15) is 30.4 Å². The van der Waals surface area contributed by atoms with Crippen molar-refractivity contribution in [3.8, 4) is 0 Å². The van der Waals surface area contributed by atoms with Gasteiger partial charge in [0.1, 0.15) is 6.54 Å². The first-order valence-corrected chi connectivity index (χ1v) is 8.46. The van der Waals surface area contributed by atoms with Gasteiger partial charge in [0, 0.05) is 25.7 Å². The maximum Gasteiger partial charge on any atom is 0.416 e. The number of carboxylic acids is 1. The zero-order valence-electron chi connectivity index (χ0n) is 14.1. The predicted molar refractivity (Wildman–Crippen MR) is 85.1 cm³/mol. The van der Waals surface area contributed by atoms with Gasteiger partial charge in [-0.25, -0.2) is 0 Å². The summed E-state index contributed by atoms with van der Waals surface area (Å²) in [5.74, 6) is -1.61. The van der Waals surface area contributed by atoms with Gasteiger partial charge < -0.3 is 14.7 Å². The Morgan fingerprint density at radius 3 is 2.35 bits per heavy atom. The van der Waals surface area contributed by atoms with Crippen LogP contribution >= 0.6 is 0 Å². The number of benzene rings is 1. The second-order valence-corrected chi connectivity index (χ2v) is 7.01. The molecule has 1 heterocycles. The first kappa shape index (κ1) is 18.7. The highest BCUT2D eigenvalue weighted by Gasteiger charge is 2.59. The fraction of sp³-hybridized carbons (Fsp3) is 0.556. The van der Waals surface area contributed by atoms with Crippen LogP contribution < -0.4 is 0 Å². The summed E-state index contributed by atoms with van der Waals surface area (Å²) in [7, 11) is 0. The van der Waals surface area contributed by atoms with E-state index in [1.807, 2.05) is 0 Å². The molecule has 1 amide bonds. The minimum absolute atomic E-state index is 0.0215. The van der Waals surface area contributed by atoms with Crippen molar-refractivity contribution in [2.45, 2.75) is 32.0 Å². The highest BCUT2D eigenvalue weighted by Crippen LogP contribution is 2.59. The molecule has 1 aromatic rings. The summed E-state index contributed by atoms with van der Waals surface area (Å²) in [4.78, 5) is 25.1. The van der Waals surface area contributed by atoms with Crippen LogP contribution in [0.4, 0.5) is 13.2 Å². The Bertz CT molecular complexity index is 681. The Balaban J connectivity index is 1.70. The molecule has 1 saturated heterocycles. The smallest absolute Gasteiger partial charge is 0.416 e. The molecule has 8 heteroatoms. The van der Waals surface area contributed by atoms with Gasteiger partial charge in [0.15, 0.2) is 0 Å². The SMILES string of the molecule is O=C(O)CN(Cc1ccc(C(F)(F)F)cc1)C(=O)C1CC12CCOCC2. The maximum atomic E-state index is 12.8. The van der Waals surface area contributed by atoms with E-state index in [2.05, 4.69) is 0 Å². The van der Waals surface area contributed by atoms with Crippen molar-refractivity contribution in [2.24, 2.45) is 11.3 Å². The van der Waals surface area contributed by atoms with E-state index < -0.39 is 24.3 Å². The molecule has 142 valence electrons. The molecule has 5 nitrogen and oxygen atoms in total. The van der Waals surface area contributed by atoms with Crippen LogP contribution in [0.2, 0.25) is 0 Å². The topological polar surface area (TPSA) is 66.8 Å². The summed E-state index contributed by atoms with van der Waals surface area (Å²) in [5.41, 5.74) is -0.401. The molecule has 2 aliphatic rings. The number of aliphatic carboxylic acids is 1. The van der Waals surface area contributed by atoms with Crippen molar-refractivity contribution in [3.05, 3.63) is 35.4 Å². The van der Waals surface area contributed by atoms with E-state index in [1.165, 1.54) is 17.0 Å². The summed E-state index contributed by atoms with van der Waals surface area (Å²) >= 11 is 0. The number of rotatable bonds is 5. The normalized spacial score (nSPS) is 21.4. The largest absolute Gasteiger partial charge is 0.480 e. The lowest BCUT2D eigenvalue weighted by molar-refractivity contribution is -0.146. The van der Waals surface area contributed by atoms with E-state index in [1.54, 1.807) is 0 Å².